The van der Waals surface area contributed by atoms with Crippen LogP contribution in [0.4, 0.5) is 0 Å². The van der Waals surface area contributed by atoms with E-state index in [1.165, 1.54) is 57.8 Å². The SMILES string of the molecule is CC\C=C/C=C\C=C/C=C\CCCCCCCC(=O)OC(COC(=O)CCCCC/C=C\C/C=C\C/C=C\C/C=C\CC)COC(=O)CCCCCCCCCCCCCC. The van der Waals surface area contributed by atoms with Crippen molar-refractivity contribution in [1.29, 1.82) is 0 Å². The molecule has 0 saturated heterocycles. The van der Waals surface area contributed by atoms with Crippen LogP contribution in [0.3, 0.4) is 0 Å². The van der Waals surface area contributed by atoms with Gasteiger partial charge in [0.1, 0.15) is 13.2 Å². The number of ether oxygens (including phenoxy) is 3. The molecule has 0 bridgehead atoms. The lowest BCUT2D eigenvalue weighted by Gasteiger charge is -2.18. The average Bonchev–Trinajstić information content (AvgIpc) is 3.26. The van der Waals surface area contributed by atoms with E-state index in [4.69, 9.17) is 14.2 Å². The largest absolute Gasteiger partial charge is 0.462 e. The van der Waals surface area contributed by atoms with Crippen LogP contribution in [0.25, 0.3) is 0 Å². The van der Waals surface area contributed by atoms with Gasteiger partial charge >= 0.3 is 17.9 Å². The van der Waals surface area contributed by atoms with Gasteiger partial charge in [0.25, 0.3) is 0 Å². The van der Waals surface area contributed by atoms with Crippen molar-refractivity contribution in [2.75, 3.05) is 13.2 Å². The smallest absolute Gasteiger partial charge is 0.306 e. The molecule has 0 rings (SSSR count). The molecule has 0 aromatic rings. The van der Waals surface area contributed by atoms with Crippen LogP contribution < -0.4 is 0 Å². The molecule has 61 heavy (non-hydrogen) atoms. The van der Waals surface area contributed by atoms with Crippen molar-refractivity contribution >= 4 is 17.9 Å². The van der Waals surface area contributed by atoms with Crippen LogP contribution >= 0.6 is 0 Å². The highest BCUT2D eigenvalue weighted by atomic mass is 16.6. The summed E-state index contributed by atoms with van der Waals surface area (Å²) in [6, 6.07) is 0. The van der Waals surface area contributed by atoms with Gasteiger partial charge in [-0.15, -0.1) is 0 Å². The Morgan fingerprint density at radius 2 is 0.721 bits per heavy atom. The van der Waals surface area contributed by atoms with Crippen molar-refractivity contribution in [2.24, 2.45) is 0 Å². The minimum atomic E-state index is -0.801. The van der Waals surface area contributed by atoms with E-state index >= 15 is 0 Å². The van der Waals surface area contributed by atoms with E-state index in [1.807, 2.05) is 24.3 Å². The Morgan fingerprint density at radius 3 is 1.21 bits per heavy atom. The molecular formula is C55H90O6. The molecule has 0 N–H and O–H groups in total. The zero-order chi connectivity index (χ0) is 44.4. The van der Waals surface area contributed by atoms with E-state index in [0.29, 0.717) is 19.3 Å². The molecule has 0 aliphatic rings. The first-order chi connectivity index (χ1) is 30.0. The van der Waals surface area contributed by atoms with Crippen LogP contribution in [-0.4, -0.2) is 37.2 Å². The van der Waals surface area contributed by atoms with Crippen molar-refractivity contribution in [3.63, 3.8) is 0 Å². The molecular weight excluding hydrogens is 757 g/mol. The molecule has 0 radical (unpaired) electrons. The Morgan fingerprint density at radius 1 is 0.361 bits per heavy atom. The molecule has 0 spiro atoms. The minimum Gasteiger partial charge on any atom is -0.462 e. The predicted octanol–water partition coefficient (Wildman–Crippen LogP) is 16.2. The summed E-state index contributed by atoms with van der Waals surface area (Å²) >= 11 is 0. The summed E-state index contributed by atoms with van der Waals surface area (Å²) in [6.07, 6.45) is 63.8. The lowest BCUT2D eigenvalue weighted by atomic mass is 10.0. The second kappa shape index (κ2) is 49.0. The molecule has 0 fully saturated rings. The van der Waals surface area contributed by atoms with Crippen molar-refractivity contribution < 1.29 is 28.6 Å². The Bertz CT molecular complexity index is 1250. The number of carbonyl (C=O) groups is 3. The molecule has 0 aliphatic heterocycles. The normalized spacial score (nSPS) is 12.9. The van der Waals surface area contributed by atoms with E-state index in [0.717, 1.165) is 116 Å². The first kappa shape index (κ1) is 57.3. The van der Waals surface area contributed by atoms with Gasteiger partial charge in [0, 0.05) is 19.3 Å². The fourth-order valence-electron chi connectivity index (χ4n) is 6.50. The highest BCUT2D eigenvalue weighted by molar-refractivity contribution is 5.71. The maximum absolute atomic E-state index is 12.8. The lowest BCUT2D eigenvalue weighted by molar-refractivity contribution is -0.167. The summed E-state index contributed by atoms with van der Waals surface area (Å²) in [5.41, 5.74) is 0. The summed E-state index contributed by atoms with van der Waals surface area (Å²) < 4.78 is 16.7. The average molecular weight is 847 g/mol. The number of carbonyl (C=O) groups excluding carboxylic acids is 3. The molecule has 0 aromatic heterocycles. The molecule has 0 saturated carbocycles. The molecule has 0 amide bonds. The summed E-state index contributed by atoms with van der Waals surface area (Å²) in [4.78, 5) is 37.9. The quantitative estimate of drug-likeness (QED) is 0.0200. The van der Waals surface area contributed by atoms with Gasteiger partial charge in [0.15, 0.2) is 6.10 Å². The van der Waals surface area contributed by atoms with Crippen LogP contribution in [0.5, 0.6) is 0 Å². The number of hydrogen-bond acceptors (Lipinski definition) is 6. The molecule has 1 unspecified atom stereocenters. The van der Waals surface area contributed by atoms with Gasteiger partial charge in [-0.3, -0.25) is 14.4 Å². The molecule has 0 aromatic carbocycles. The van der Waals surface area contributed by atoms with E-state index in [-0.39, 0.29) is 31.1 Å². The van der Waals surface area contributed by atoms with Crippen molar-refractivity contribution in [3.8, 4) is 0 Å². The van der Waals surface area contributed by atoms with Crippen LogP contribution in [0.1, 0.15) is 213 Å². The number of allylic oxidation sites excluding steroid dienone is 16. The van der Waals surface area contributed by atoms with Gasteiger partial charge in [0.2, 0.25) is 0 Å². The molecule has 0 heterocycles. The molecule has 6 heteroatoms. The lowest BCUT2D eigenvalue weighted by Crippen LogP contribution is -2.30. The first-order valence-corrected chi connectivity index (χ1v) is 24.8. The second-order valence-electron chi connectivity index (χ2n) is 16.1. The maximum atomic E-state index is 12.8. The van der Waals surface area contributed by atoms with Crippen LogP contribution in [-0.2, 0) is 28.6 Å². The third-order valence-electron chi connectivity index (χ3n) is 10.2. The molecule has 0 aliphatic carbocycles. The Hall–Kier alpha value is -3.67. The summed E-state index contributed by atoms with van der Waals surface area (Å²) in [7, 11) is 0. The first-order valence-electron chi connectivity index (χ1n) is 24.8. The molecule has 6 nitrogen and oxygen atoms in total. The second-order valence-corrected chi connectivity index (χ2v) is 16.1. The van der Waals surface area contributed by atoms with E-state index in [9.17, 15) is 14.4 Å². The Balaban J connectivity index is 4.49. The Kier molecular flexibility index (Phi) is 46.0. The van der Waals surface area contributed by atoms with Gasteiger partial charge in [-0.25, -0.2) is 0 Å². The number of rotatable bonds is 43. The maximum Gasteiger partial charge on any atom is 0.306 e. The monoisotopic (exact) mass is 847 g/mol. The minimum absolute atomic E-state index is 0.0973. The summed E-state index contributed by atoms with van der Waals surface area (Å²) in [5.74, 6) is -0.958. The standard InChI is InChI=1S/C55H90O6/c1-4-7-10-13-16-19-22-25-27-29-30-33-36-39-42-45-48-54(57)60-51-52(50-59-53(56)47-44-41-38-35-32-24-21-18-15-12-9-6-3)61-55(58)49-46-43-40-37-34-31-28-26-23-20-17-14-11-8-5-2/h7-8,10-11,14,16-17,19-20,23,25-28,30,33,52H,4-6,9,12-13,15,18,21-22,24,29,31-32,34-51H2,1-3H3/b10-7-,11-8-,17-14-,19-16-,23-20-,27-25-,28-26-,33-30-. The van der Waals surface area contributed by atoms with Gasteiger partial charge < -0.3 is 14.2 Å². The highest BCUT2D eigenvalue weighted by Crippen LogP contribution is 2.14. The number of hydrogen-bond donors (Lipinski definition) is 0. The summed E-state index contributed by atoms with van der Waals surface area (Å²) in [5, 5.41) is 0. The van der Waals surface area contributed by atoms with E-state index in [1.54, 1.807) is 0 Å². The summed E-state index contributed by atoms with van der Waals surface area (Å²) in [6.45, 7) is 6.32. The fourth-order valence-corrected chi connectivity index (χ4v) is 6.50. The molecule has 1 atom stereocenters. The zero-order valence-electron chi connectivity index (χ0n) is 39.4. The Labute approximate surface area is 375 Å². The van der Waals surface area contributed by atoms with Gasteiger partial charge in [-0.1, -0.05) is 214 Å². The topological polar surface area (TPSA) is 78.9 Å². The third kappa shape index (κ3) is 47.2. The third-order valence-corrected chi connectivity index (χ3v) is 10.2. The predicted molar refractivity (Wildman–Crippen MR) is 260 cm³/mol. The van der Waals surface area contributed by atoms with Crippen molar-refractivity contribution in [3.05, 3.63) is 97.2 Å². The van der Waals surface area contributed by atoms with Crippen LogP contribution in [0.2, 0.25) is 0 Å². The number of esters is 3. The van der Waals surface area contributed by atoms with Crippen molar-refractivity contribution in [1.82, 2.24) is 0 Å². The van der Waals surface area contributed by atoms with Crippen LogP contribution in [0, 0.1) is 0 Å². The van der Waals surface area contributed by atoms with Gasteiger partial charge in [-0.2, -0.15) is 0 Å². The van der Waals surface area contributed by atoms with Crippen molar-refractivity contribution in [2.45, 2.75) is 219 Å². The number of unbranched alkanes of at least 4 members (excludes halogenated alkanes) is 19. The van der Waals surface area contributed by atoms with Crippen LogP contribution in [0.15, 0.2) is 97.2 Å². The fraction of sp³-hybridized carbons (Fsp3) is 0.655. The molecule has 346 valence electrons. The van der Waals surface area contributed by atoms with E-state index < -0.39 is 6.10 Å². The van der Waals surface area contributed by atoms with E-state index in [2.05, 4.69) is 93.7 Å². The van der Waals surface area contributed by atoms with Gasteiger partial charge in [0.05, 0.1) is 0 Å². The zero-order valence-corrected chi connectivity index (χ0v) is 39.4. The van der Waals surface area contributed by atoms with Gasteiger partial charge in [-0.05, 0) is 77.0 Å². The highest BCUT2D eigenvalue weighted by Gasteiger charge is 2.19.